The lowest BCUT2D eigenvalue weighted by Gasteiger charge is -2.34. The molecule has 2 atom stereocenters. The standard InChI is InChI=1S/C27H37F3N8O2/c1-16(2)33-24(39)19-6-5-7-21(19)35-23-20(27(28,29)30)15-32-26(36-23)34-17-8-9-22(31-14-17)25(40)38(4)18-10-12-37(3)13-11-18/h8-9,14-16,18-19,21H,5-7,10-13H2,1-4H3,(H,33,39)(H2,32,34,35,36)/t19-,21+/m0/s1. The van der Waals surface area contributed by atoms with Crippen LogP contribution >= 0.6 is 0 Å². The third kappa shape index (κ3) is 7.18. The normalized spacial score (nSPS) is 20.4. The third-order valence-electron chi connectivity index (χ3n) is 7.49. The fraction of sp³-hybridized carbons (Fsp3) is 0.593. The summed E-state index contributed by atoms with van der Waals surface area (Å²) in [5.74, 6) is -1.30. The van der Waals surface area contributed by atoms with Gasteiger partial charge >= 0.3 is 6.18 Å². The predicted octanol–water partition coefficient (Wildman–Crippen LogP) is 3.91. The molecule has 1 saturated carbocycles. The van der Waals surface area contributed by atoms with Crippen LogP contribution in [-0.2, 0) is 11.0 Å². The van der Waals surface area contributed by atoms with Gasteiger partial charge in [-0.05, 0) is 71.8 Å². The number of halogens is 3. The molecular formula is C27H37F3N8O2. The monoisotopic (exact) mass is 562 g/mol. The second-order valence-electron chi connectivity index (χ2n) is 10.9. The van der Waals surface area contributed by atoms with Crippen LogP contribution in [0, 0.1) is 5.92 Å². The maximum atomic E-state index is 13.8. The maximum Gasteiger partial charge on any atom is 0.421 e. The number of hydrogen-bond donors (Lipinski definition) is 3. The highest BCUT2D eigenvalue weighted by atomic mass is 19.4. The summed E-state index contributed by atoms with van der Waals surface area (Å²) in [6, 6.07) is 2.76. The van der Waals surface area contributed by atoms with Crippen molar-refractivity contribution in [3.8, 4) is 0 Å². The van der Waals surface area contributed by atoms with E-state index in [-0.39, 0.29) is 35.5 Å². The molecule has 1 aliphatic carbocycles. The molecule has 218 valence electrons. The summed E-state index contributed by atoms with van der Waals surface area (Å²) in [5, 5.41) is 8.59. The summed E-state index contributed by atoms with van der Waals surface area (Å²) in [7, 11) is 3.83. The van der Waals surface area contributed by atoms with E-state index >= 15 is 0 Å². The lowest BCUT2D eigenvalue weighted by atomic mass is 10.0. The van der Waals surface area contributed by atoms with Gasteiger partial charge in [0.15, 0.2) is 0 Å². The first-order chi connectivity index (χ1) is 18.9. The van der Waals surface area contributed by atoms with Crippen molar-refractivity contribution in [2.24, 2.45) is 5.92 Å². The number of piperidine rings is 1. The largest absolute Gasteiger partial charge is 0.421 e. The molecule has 3 heterocycles. The number of amides is 2. The van der Waals surface area contributed by atoms with Gasteiger partial charge in [0, 0.05) is 31.4 Å². The number of anilines is 3. The molecule has 1 aliphatic heterocycles. The summed E-state index contributed by atoms with van der Waals surface area (Å²) in [5.41, 5.74) is -0.321. The van der Waals surface area contributed by atoms with E-state index in [0.29, 0.717) is 18.5 Å². The molecule has 2 aliphatic rings. The molecule has 0 spiro atoms. The molecule has 0 radical (unpaired) electrons. The van der Waals surface area contributed by atoms with Crippen molar-refractivity contribution in [3.63, 3.8) is 0 Å². The van der Waals surface area contributed by atoms with Gasteiger partial charge in [0.1, 0.15) is 17.1 Å². The quantitative estimate of drug-likeness (QED) is 0.444. The highest BCUT2D eigenvalue weighted by molar-refractivity contribution is 5.92. The Morgan fingerprint density at radius 3 is 2.42 bits per heavy atom. The van der Waals surface area contributed by atoms with Gasteiger partial charge in [-0.25, -0.2) is 9.97 Å². The zero-order valence-electron chi connectivity index (χ0n) is 23.3. The Hall–Kier alpha value is -3.48. The number of pyridine rings is 1. The number of hydrogen-bond acceptors (Lipinski definition) is 8. The summed E-state index contributed by atoms with van der Waals surface area (Å²) in [6.45, 7) is 5.53. The van der Waals surface area contributed by atoms with E-state index in [2.05, 4.69) is 42.8 Å². The van der Waals surface area contributed by atoms with Gasteiger partial charge in [0.2, 0.25) is 11.9 Å². The summed E-state index contributed by atoms with van der Waals surface area (Å²) >= 11 is 0. The molecular weight excluding hydrogens is 525 g/mol. The molecule has 4 rings (SSSR count). The molecule has 2 aromatic rings. The first-order valence-corrected chi connectivity index (χ1v) is 13.6. The van der Waals surface area contributed by atoms with Crippen molar-refractivity contribution in [1.82, 2.24) is 30.1 Å². The fourth-order valence-corrected chi connectivity index (χ4v) is 5.23. The van der Waals surface area contributed by atoms with Crippen molar-refractivity contribution < 1.29 is 22.8 Å². The number of likely N-dealkylation sites (tertiary alicyclic amines) is 1. The molecule has 0 unspecified atom stereocenters. The minimum absolute atomic E-state index is 0.0685. The van der Waals surface area contributed by atoms with Gasteiger partial charge in [-0.2, -0.15) is 18.2 Å². The van der Waals surface area contributed by atoms with Gasteiger partial charge in [-0.15, -0.1) is 0 Å². The first-order valence-electron chi connectivity index (χ1n) is 13.6. The Morgan fingerprint density at radius 1 is 1.07 bits per heavy atom. The van der Waals surface area contributed by atoms with E-state index in [1.165, 1.54) is 6.20 Å². The molecule has 10 nitrogen and oxygen atoms in total. The zero-order chi connectivity index (χ0) is 29.0. The highest BCUT2D eigenvalue weighted by Crippen LogP contribution is 2.36. The first kappa shape index (κ1) is 29.5. The van der Waals surface area contributed by atoms with Crippen LogP contribution in [0.4, 0.5) is 30.6 Å². The topological polar surface area (TPSA) is 115 Å². The lowest BCUT2D eigenvalue weighted by molar-refractivity contribution is -0.137. The van der Waals surface area contributed by atoms with Crippen LogP contribution in [0.5, 0.6) is 0 Å². The lowest BCUT2D eigenvalue weighted by Crippen LogP contribution is -2.44. The van der Waals surface area contributed by atoms with Crippen LogP contribution in [0.3, 0.4) is 0 Å². The minimum atomic E-state index is -4.68. The molecule has 2 aromatic heterocycles. The van der Waals surface area contributed by atoms with Crippen LogP contribution in [0.1, 0.15) is 62.0 Å². The summed E-state index contributed by atoms with van der Waals surface area (Å²) < 4.78 is 41.3. The molecule has 2 amide bonds. The van der Waals surface area contributed by atoms with Crippen LogP contribution < -0.4 is 16.0 Å². The smallest absolute Gasteiger partial charge is 0.366 e. The number of carbonyl (C=O) groups excluding carboxylic acids is 2. The van der Waals surface area contributed by atoms with Gasteiger partial charge in [0.25, 0.3) is 5.91 Å². The van der Waals surface area contributed by atoms with E-state index in [1.54, 1.807) is 24.1 Å². The number of nitrogens with one attached hydrogen (secondary N) is 3. The van der Waals surface area contributed by atoms with Gasteiger partial charge in [-0.1, -0.05) is 6.42 Å². The van der Waals surface area contributed by atoms with Gasteiger partial charge in [0.05, 0.1) is 17.8 Å². The van der Waals surface area contributed by atoms with Crippen LogP contribution in [0.2, 0.25) is 0 Å². The molecule has 40 heavy (non-hydrogen) atoms. The number of nitrogens with zero attached hydrogens (tertiary/aromatic N) is 5. The van der Waals surface area contributed by atoms with Crippen molar-refractivity contribution in [2.45, 2.75) is 70.3 Å². The number of alkyl halides is 3. The Balaban J connectivity index is 1.47. The Labute approximate surface area is 232 Å². The second-order valence-corrected chi connectivity index (χ2v) is 10.9. The predicted molar refractivity (Wildman–Crippen MR) is 145 cm³/mol. The zero-order valence-corrected chi connectivity index (χ0v) is 23.3. The van der Waals surface area contributed by atoms with Gasteiger partial charge < -0.3 is 25.8 Å². The number of aromatic nitrogens is 3. The van der Waals surface area contributed by atoms with E-state index in [4.69, 9.17) is 0 Å². The van der Waals surface area contributed by atoms with E-state index < -0.39 is 29.5 Å². The number of rotatable bonds is 8. The Kier molecular flexibility index (Phi) is 9.12. The van der Waals surface area contributed by atoms with Crippen LogP contribution in [0.25, 0.3) is 0 Å². The minimum Gasteiger partial charge on any atom is -0.366 e. The highest BCUT2D eigenvalue weighted by Gasteiger charge is 2.39. The molecule has 1 saturated heterocycles. The fourth-order valence-electron chi connectivity index (χ4n) is 5.23. The molecule has 0 aromatic carbocycles. The molecule has 0 bridgehead atoms. The average Bonchev–Trinajstić information content (AvgIpc) is 3.36. The van der Waals surface area contributed by atoms with Crippen molar-refractivity contribution in [2.75, 3.05) is 37.8 Å². The van der Waals surface area contributed by atoms with Crippen molar-refractivity contribution in [1.29, 1.82) is 0 Å². The summed E-state index contributed by atoms with van der Waals surface area (Å²) in [6.07, 6.45) is 1.09. The van der Waals surface area contributed by atoms with Crippen molar-refractivity contribution in [3.05, 3.63) is 35.8 Å². The van der Waals surface area contributed by atoms with Crippen LogP contribution in [0.15, 0.2) is 24.5 Å². The van der Waals surface area contributed by atoms with E-state index in [1.807, 2.05) is 13.8 Å². The van der Waals surface area contributed by atoms with E-state index in [9.17, 15) is 22.8 Å². The third-order valence-corrected chi connectivity index (χ3v) is 7.49. The van der Waals surface area contributed by atoms with Crippen LogP contribution in [-0.4, -0.2) is 81.9 Å². The second kappa shape index (κ2) is 12.4. The van der Waals surface area contributed by atoms with Gasteiger partial charge in [-0.3, -0.25) is 9.59 Å². The molecule has 13 heteroatoms. The van der Waals surface area contributed by atoms with E-state index in [0.717, 1.165) is 38.5 Å². The molecule has 2 fully saturated rings. The SMILES string of the molecule is CC(C)NC(=O)[C@H]1CCC[C@H]1Nc1nc(Nc2ccc(C(=O)N(C)C3CCN(C)CC3)nc2)ncc1C(F)(F)F. The van der Waals surface area contributed by atoms with Crippen molar-refractivity contribution >= 4 is 29.3 Å². The molecule has 3 N–H and O–H groups in total. The maximum absolute atomic E-state index is 13.8. The summed E-state index contributed by atoms with van der Waals surface area (Å²) in [4.78, 5) is 41.7. The average molecular weight is 563 g/mol. The Bertz CT molecular complexity index is 1180. The Morgan fingerprint density at radius 2 is 1.80 bits per heavy atom. The number of carbonyl (C=O) groups is 2.